The Morgan fingerprint density at radius 1 is 1.25 bits per heavy atom. The molecule has 0 aliphatic rings. The molecule has 20 heavy (non-hydrogen) atoms. The molecule has 2 aromatic rings. The minimum Gasteiger partial charge on any atom is -0.383 e. The molecule has 3 N–H and O–H groups in total. The van der Waals surface area contributed by atoms with Crippen molar-refractivity contribution >= 4 is 28.7 Å². The molecule has 0 fully saturated rings. The van der Waals surface area contributed by atoms with E-state index in [0.717, 1.165) is 11.4 Å². The van der Waals surface area contributed by atoms with Crippen LogP contribution in [0.25, 0.3) is 0 Å². The number of nitrogens with zero attached hydrogens (tertiary/aromatic N) is 3. The largest absolute Gasteiger partial charge is 0.383 e. The zero-order valence-corrected chi connectivity index (χ0v) is 11.2. The van der Waals surface area contributed by atoms with E-state index in [4.69, 9.17) is 5.73 Å². The van der Waals surface area contributed by atoms with Gasteiger partial charge in [0.1, 0.15) is 11.6 Å². The Hall–Kier alpha value is -2.83. The minimum absolute atomic E-state index is 0.0927. The number of anilines is 4. The number of nitrogens with one attached hydrogen (secondary N) is 1. The summed E-state index contributed by atoms with van der Waals surface area (Å²) in [6.45, 7) is 0. The minimum atomic E-state index is -0.502. The van der Waals surface area contributed by atoms with Crippen LogP contribution >= 0.6 is 0 Å². The van der Waals surface area contributed by atoms with Crippen molar-refractivity contribution in [3.05, 3.63) is 46.5 Å². The van der Waals surface area contributed by atoms with E-state index >= 15 is 0 Å². The highest BCUT2D eigenvalue weighted by Gasteiger charge is 2.10. The van der Waals surface area contributed by atoms with Gasteiger partial charge in [-0.15, -0.1) is 0 Å². The Kier molecular flexibility index (Phi) is 3.69. The Balaban J connectivity index is 2.23. The molecule has 0 bridgehead atoms. The third kappa shape index (κ3) is 3.14. The molecule has 0 radical (unpaired) electrons. The number of nitrogen functional groups attached to an aromatic ring is 1. The lowest BCUT2D eigenvalue weighted by atomic mass is 10.2. The molecule has 0 saturated heterocycles. The summed E-state index contributed by atoms with van der Waals surface area (Å²) in [6, 6.07) is 10.2. The van der Waals surface area contributed by atoms with Gasteiger partial charge in [-0.3, -0.25) is 10.1 Å². The maximum atomic E-state index is 10.8. The highest BCUT2D eigenvalue weighted by atomic mass is 16.6. The van der Waals surface area contributed by atoms with Crippen LogP contribution in [0.1, 0.15) is 0 Å². The van der Waals surface area contributed by atoms with Crippen LogP contribution in [0.2, 0.25) is 0 Å². The second kappa shape index (κ2) is 5.43. The van der Waals surface area contributed by atoms with Crippen LogP contribution in [0, 0.1) is 10.1 Å². The smallest absolute Gasteiger partial charge is 0.276 e. The van der Waals surface area contributed by atoms with E-state index in [9.17, 15) is 10.1 Å². The first-order valence-corrected chi connectivity index (χ1v) is 5.92. The molecule has 0 amide bonds. The van der Waals surface area contributed by atoms with Crippen molar-refractivity contribution in [3.63, 3.8) is 0 Å². The highest BCUT2D eigenvalue weighted by molar-refractivity contribution is 5.63. The third-order valence-electron chi connectivity index (χ3n) is 2.70. The van der Waals surface area contributed by atoms with E-state index in [1.54, 1.807) is 0 Å². The van der Waals surface area contributed by atoms with Crippen molar-refractivity contribution in [1.29, 1.82) is 0 Å². The fraction of sp³-hybridized carbons (Fsp3) is 0.154. The average molecular weight is 273 g/mol. The molecular weight excluding hydrogens is 258 g/mol. The molecule has 0 unspecified atom stereocenters. The first-order valence-electron chi connectivity index (χ1n) is 5.92. The highest BCUT2D eigenvalue weighted by Crippen LogP contribution is 2.23. The summed E-state index contributed by atoms with van der Waals surface area (Å²) in [5.74, 6) is 0.445. The van der Waals surface area contributed by atoms with Crippen LogP contribution < -0.4 is 16.0 Å². The first-order chi connectivity index (χ1) is 9.45. The standard InChI is InChI=1S/C13H15N5O2/c1-17(2)10-5-3-9(4-6-10)15-13-8-11(18(19)20)7-12(14)16-13/h3-8H,1-2H3,(H3,14,15,16). The number of rotatable bonds is 4. The first kappa shape index (κ1) is 13.6. The SMILES string of the molecule is CN(C)c1ccc(Nc2cc([N+](=O)[O-])cc(N)n2)cc1. The lowest BCUT2D eigenvalue weighted by Crippen LogP contribution is -2.08. The molecule has 1 aromatic heterocycles. The van der Waals surface area contributed by atoms with Gasteiger partial charge in [-0.25, -0.2) is 4.98 Å². The molecule has 0 aliphatic heterocycles. The molecule has 1 heterocycles. The van der Waals surface area contributed by atoms with Gasteiger partial charge in [0, 0.05) is 25.5 Å². The number of nitro groups is 1. The van der Waals surface area contributed by atoms with E-state index in [-0.39, 0.29) is 11.5 Å². The van der Waals surface area contributed by atoms with Gasteiger partial charge in [-0.1, -0.05) is 0 Å². The van der Waals surface area contributed by atoms with Gasteiger partial charge in [-0.05, 0) is 24.3 Å². The van der Waals surface area contributed by atoms with Gasteiger partial charge in [0.05, 0.1) is 17.1 Å². The van der Waals surface area contributed by atoms with Crippen LogP contribution in [0.4, 0.5) is 28.7 Å². The molecular formula is C13H15N5O2. The van der Waals surface area contributed by atoms with Crippen LogP contribution in [-0.4, -0.2) is 24.0 Å². The predicted molar refractivity (Wildman–Crippen MR) is 79.4 cm³/mol. The Morgan fingerprint density at radius 3 is 2.45 bits per heavy atom. The van der Waals surface area contributed by atoms with Crippen molar-refractivity contribution in [2.75, 3.05) is 30.0 Å². The van der Waals surface area contributed by atoms with E-state index < -0.39 is 4.92 Å². The van der Waals surface area contributed by atoms with Crippen LogP contribution in [0.15, 0.2) is 36.4 Å². The summed E-state index contributed by atoms with van der Waals surface area (Å²) in [5.41, 5.74) is 7.30. The molecule has 0 aliphatic carbocycles. The van der Waals surface area contributed by atoms with Gasteiger partial charge in [0.2, 0.25) is 0 Å². The Morgan fingerprint density at radius 2 is 1.90 bits per heavy atom. The summed E-state index contributed by atoms with van der Waals surface area (Å²) < 4.78 is 0. The van der Waals surface area contributed by atoms with Crippen molar-refractivity contribution in [2.45, 2.75) is 0 Å². The summed E-state index contributed by atoms with van der Waals surface area (Å²) in [5, 5.41) is 13.8. The number of pyridine rings is 1. The summed E-state index contributed by atoms with van der Waals surface area (Å²) in [4.78, 5) is 16.3. The zero-order valence-electron chi connectivity index (χ0n) is 11.2. The number of nitrogens with two attached hydrogens (primary N) is 1. The second-order valence-electron chi connectivity index (χ2n) is 4.46. The van der Waals surface area contributed by atoms with E-state index in [2.05, 4.69) is 10.3 Å². The lowest BCUT2D eigenvalue weighted by Gasteiger charge is -2.13. The monoisotopic (exact) mass is 273 g/mol. The van der Waals surface area contributed by atoms with Gasteiger partial charge in [0.25, 0.3) is 5.69 Å². The summed E-state index contributed by atoms with van der Waals surface area (Å²) >= 11 is 0. The Bertz CT molecular complexity index is 625. The van der Waals surface area contributed by atoms with Crippen LogP contribution in [0.5, 0.6) is 0 Å². The summed E-state index contributed by atoms with van der Waals surface area (Å²) in [7, 11) is 3.90. The molecule has 1 aromatic carbocycles. The quantitative estimate of drug-likeness (QED) is 0.655. The van der Waals surface area contributed by atoms with Crippen LogP contribution in [-0.2, 0) is 0 Å². The van der Waals surface area contributed by atoms with Crippen molar-refractivity contribution in [3.8, 4) is 0 Å². The average Bonchev–Trinajstić information content (AvgIpc) is 2.38. The van der Waals surface area contributed by atoms with Crippen LogP contribution in [0.3, 0.4) is 0 Å². The molecule has 0 saturated carbocycles. The number of benzene rings is 1. The topological polar surface area (TPSA) is 97.3 Å². The maximum absolute atomic E-state index is 10.8. The fourth-order valence-corrected chi connectivity index (χ4v) is 1.70. The van der Waals surface area contributed by atoms with E-state index in [1.165, 1.54) is 12.1 Å². The molecule has 7 nitrogen and oxygen atoms in total. The molecule has 7 heteroatoms. The maximum Gasteiger partial charge on any atom is 0.276 e. The normalized spacial score (nSPS) is 10.1. The van der Waals surface area contributed by atoms with Gasteiger partial charge in [0.15, 0.2) is 0 Å². The number of aromatic nitrogens is 1. The lowest BCUT2D eigenvalue weighted by molar-refractivity contribution is -0.384. The van der Waals surface area contributed by atoms with Gasteiger partial charge in [-0.2, -0.15) is 0 Å². The molecule has 104 valence electrons. The van der Waals surface area contributed by atoms with Crippen molar-refractivity contribution in [2.24, 2.45) is 0 Å². The predicted octanol–water partition coefficient (Wildman–Crippen LogP) is 2.38. The molecule has 0 atom stereocenters. The van der Waals surface area contributed by atoms with Crippen molar-refractivity contribution in [1.82, 2.24) is 4.98 Å². The zero-order chi connectivity index (χ0) is 14.7. The third-order valence-corrected chi connectivity index (χ3v) is 2.70. The Labute approximate surface area is 116 Å². The fourth-order valence-electron chi connectivity index (χ4n) is 1.70. The van der Waals surface area contributed by atoms with Gasteiger partial charge < -0.3 is 16.0 Å². The number of hydrogen-bond donors (Lipinski definition) is 2. The summed E-state index contributed by atoms with van der Waals surface area (Å²) in [6.07, 6.45) is 0. The van der Waals surface area contributed by atoms with Crippen molar-refractivity contribution < 1.29 is 4.92 Å². The molecule has 0 spiro atoms. The van der Waals surface area contributed by atoms with E-state index in [0.29, 0.717) is 5.82 Å². The number of hydrogen-bond acceptors (Lipinski definition) is 6. The van der Waals surface area contributed by atoms with E-state index in [1.807, 2.05) is 43.3 Å². The second-order valence-corrected chi connectivity index (χ2v) is 4.46. The molecule has 2 rings (SSSR count). The van der Waals surface area contributed by atoms with Gasteiger partial charge >= 0.3 is 0 Å².